The Bertz CT molecular complexity index is 1390. The molecule has 3 aromatic carbocycles. The van der Waals surface area contributed by atoms with E-state index in [4.69, 9.17) is 11.6 Å². The number of aromatic nitrogens is 2. The van der Waals surface area contributed by atoms with E-state index in [2.05, 4.69) is 5.10 Å². The molecule has 0 radical (unpaired) electrons. The summed E-state index contributed by atoms with van der Waals surface area (Å²) in [5.74, 6) is -1.21. The van der Waals surface area contributed by atoms with Gasteiger partial charge in [0.15, 0.2) is 11.9 Å². The topological polar surface area (TPSA) is 95.7 Å². The van der Waals surface area contributed by atoms with Gasteiger partial charge in [-0.2, -0.15) is 5.10 Å². The van der Waals surface area contributed by atoms with E-state index in [9.17, 15) is 19.8 Å². The van der Waals surface area contributed by atoms with Gasteiger partial charge < -0.3 is 15.1 Å². The molecule has 1 amide bonds. The minimum atomic E-state index is -1.80. The number of aryl methyl sites for hydroxylation is 1. The lowest BCUT2D eigenvalue weighted by Crippen LogP contribution is -2.47. The van der Waals surface area contributed by atoms with E-state index >= 15 is 0 Å². The molecule has 1 fully saturated rings. The molecule has 0 spiro atoms. The van der Waals surface area contributed by atoms with E-state index in [-0.39, 0.29) is 12.5 Å². The predicted molar refractivity (Wildman–Crippen MR) is 142 cm³/mol. The number of amides is 1. The van der Waals surface area contributed by atoms with Crippen LogP contribution >= 0.6 is 11.6 Å². The van der Waals surface area contributed by atoms with E-state index < -0.39 is 23.9 Å². The number of likely N-dealkylation sites (tertiary alicyclic amines) is 1. The molecule has 1 aliphatic rings. The van der Waals surface area contributed by atoms with Gasteiger partial charge >= 0.3 is 0 Å². The van der Waals surface area contributed by atoms with Crippen LogP contribution in [0.4, 0.5) is 0 Å². The van der Waals surface area contributed by atoms with Crippen molar-refractivity contribution >= 4 is 34.2 Å². The number of nitrogens with zero attached hydrogens (tertiary/aromatic N) is 3. The van der Waals surface area contributed by atoms with Gasteiger partial charge in [0.25, 0.3) is 5.91 Å². The summed E-state index contributed by atoms with van der Waals surface area (Å²) < 4.78 is 1.81. The normalized spacial score (nSPS) is 17.2. The molecule has 5 rings (SSSR count). The second-order valence-electron chi connectivity index (χ2n) is 9.40. The van der Waals surface area contributed by atoms with Crippen LogP contribution in [0, 0.1) is 0 Å². The van der Waals surface area contributed by atoms with Crippen molar-refractivity contribution in [3.05, 3.63) is 95.1 Å². The van der Waals surface area contributed by atoms with Gasteiger partial charge in [0, 0.05) is 29.6 Å². The van der Waals surface area contributed by atoms with Crippen molar-refractivity contribution < 1.29 is 19.8 Å². The quantitative estimate of drug-likeness (QED) is 0.364. The minimum absolute atomic E-state index is 0.00817. The highest BCUT2D eigenvalue weighted by molar-refractivity contribution is 6.30. The van der Waals surface area contributed by atoms with Gasteiger partial charge in [-0.15, -0.1) is 0 Å². The largest absolute Gasteiger partial charge is 0.382 e. The van der Waals surface area contributed by atoms with E-state index in [1.807, 2.05) is 66.9 Å². The van der Waals surface area contributed by atoms with Crippen molar-refractivity contribution in [2.75, 3.05) is 6.54 Å². The number of fused-ring (bicyclic) bond motifs is 1. The zero-order chi connectivity index (χ0) is 25.9. The maximum atomic E-state index is 13.0. The molecule has 3 atom stereocenters. The van der Waals surface area contributed by atoms with Crippen molar-refractivity contribution in [1.82, 2.24) is 14.7 Å². The van der Waals surface area contributed by atoms with Crippen molar-refractivity contribution in [3.8, 4) is 5.69 Å². The third kappa shape index (κ3) is 5.44. The first-order chi connectivity index (χ1) is 17.9. The van der Waals surface area contributed by atoms with Crippen LogP contribution in [0.1, 0.15) is 36.4 Å². The SMILES string of the molecule is O=C(CCc1ccc(-n2cc3ccccc3n2)cc1)[C@H](O)[C@@H](O)C(=O)N1CCCC1c1cccc(Cl)c1. The van der Waals surface area contributed by atoms with Gasteiger partial charge in [0.05, 0.1) is 17.2 Å². The van der Waals surface area contributed by atoms with E-state index in [0.717, 1.165) is 40.6 Å². The van der Waals surface area contributed by atoms with Crippen molar-refractivity contribution in [1.29, 1.82) is 0 Å². The molecule has 1 saturated heterocycles. The predicted octanol–water partition coefficient (Wildman–Crippen LogP) is 4.27. The molecule has 190 valence electrons. The zero-order valence-corrected chi connectivity index (χ0v) is 21.0. The van der Waals surface area contributed by atoms with Crippen molar-refractivity contribution in [2.24, 2.45) is 0 Å². The number of aliphatic hydroxyl groups is 2. The molecule has 4 aromatic rings. The molecule has 0 saturated carbocycles. The Labute approximate surface area is 219 Å². The number of carbonyl (C=O) groups excluding carboxylic acids is 2. The van der Waals surface area contributed by atoms with E-state index in [1.165, 1.54) is 4.90 Å². The van der Waals surface area contributed by atoms with Gasteiger partial charge in [0.1, 0.15) is 6.10 Å². The summed E-state index contributed by atoms with van der Waals surface area (Å²) in [7, 11) is 0. The second kappa shape index (κ2) is 10.8. The highest BCUT2D eigenvalue weighted by atomic mass is 35.5. The first-order valence-electron chi connectivity index (χ1n) is 12.4. The minimum Gasteiger partial charge on any atom is -0.382 e. The fourth-order valence-electron chi connectivity index (χ4n) is 4.90. The van der Waals surface area contributed by atoms with Crippen LogP contribution in [-0.4, -0.2) is 55.3 Å². The fraction of sp³-hybridized carbons (Fsp3) is 0.276. The Morgan fingerprint density at radius 3 is 2.54 bits per heavy atom. The highest BCUT2D eigenvalue weighted by Gasteiger charge is 2.38. The Hall–Kier alpha value is -3.52. The van der Waals surface area contributed by atoms with Crippen LogP contribution in [-0.2, 0) is 16.0 Å². The van der Waals surface area contributed by atoms with Crippen LogP contribution in [0.15, 0.2) is 79.0 Å². The van der Waals surface area contributed by atoms with Gasteiger partial charge in [-0.1, -0.05) is 54.1 Å². The fourth-order valence-corrected chi connectivity index (χ4v) is 5.10. The number of halogens is 1. The van der Waals surface area contributed by atoms with Crippen LogP contribution < -0.4 is 0 Å². The van der Waals surface area contributed by atoms with E-state index in [1.54, 1.807) is 16.8 Å². The Morgan fingerprint density at radius 2 is 1.78 bits per heavy atom. The van der Waals surface area contributed by atoms with Gasteiger partial charge in [-0.3, -0.25) is 9.59 Å². The molecule has 7 nitrogen and oxygen atoms in total. The second-order valence-corrected chi connectivity index (χ2v) is 9.84. The molecule has 1 aromatic heterocycles. The monoisotopic (exact) mass is 517 g/mol. The molecular formula is C29H28ClN3O4. The van der Waals surface area contributed by atoms with Gasteiger partial charge in [-0.05, 0) is 60.7 Å². The molecule has 37 heavy (non-hydrogen) atoms. The summed E-state index contributed by atoms with van der Waals surface area (Å²) in [4.78, 5) is 27.2. The smallest absolute Gasteiger partial charge is 0.255 e. The first-order valence-corrected chi connectivity index (χ1v) is 12.8. The van der Waals surface area contributed by atoms with E-state index in [0.29, 0.717) is 18.0 Å². The molecule has 1 aliphatic heterocycles. The molecule has 2 heterocycles. The average Bonchev–Trinajstić information content (AvgIpc) is 3.58. The van der Waals surface area contributed by atoms with Crippen molar-refractivity contribution in [3.63, 3.8) is 0 Å². The zero-order valence-electron chi connectivity index (χ0n) is 20.2. The number of ketones is 1. The summed E-state index contributed by atoms with van der Waals surface area (Å²) in [6, 6.07) is 22.5. The number of hydrogen-bond donors (Lipinski definition) is 2. The molecule has 0 aliphatic carbocycles. The Kier molecular flexibility index (Phi) is 7.37. The van der Waals surface area contributed by atoms with Crippen molar-refractivity contribution in [2.45, 2.75) is 43.9 Å². The summed E-state index contributed by atoms with van der Waals surface area (Å²) in [5, 5.41) is 27.2. The molecule has 2 N–H and O–H groups in total. The number of benzene rings is 3. The number of aliphatic hydroxyl groups excluding tert-OH is 2. The van der Waals surface area contributed by atoms with Gasteiger partial charge in [-0.25, -0.2) is 4.68 Å². The number of carbonyl (C=O) groups is 2. The Balaban J connectivity index is 1.18. The third-order valence-corrected chi connectivity index (χ3v) is 7.16. The van der Waals surface area contributed by atoms with Crippen LogP contribution in [0.5, 0.6) is 0 Å². The summed E-state index contributed by atoms with van der Waals surface area (Å²) in [6.07, 6.45) is 0.270. The number of rotatable bonds is 8. The Morgan fingerprint density at radius 1 is 1.00 bits per heavy atom. The third-order valence-electron chi connectivity index (χ3n) is 6.93. The maximum Gasteiger partial charge on any atom is 0.255 e. The summed E-state index contributed by atoms with van der Waals surface area (Å²) in [6.45, 7) is 0.451. The molecule has 0 bridgehead atoms. The lowest BCUT2D eigenvalue weighted by molar-refractivity contribution is -0.153. The standard InChI is InChI=1S/C29H28ClN3O4/c30-22-7-3-6-20(17-22)25-9-4-16-32(25)29(37)28(36)27(35)26(34)15-12-19-10-13-23(14-11-19)33-18-21-5-1-2-8-24(21)31-33/h1-3,5-8,10-11,13-14,17-18,25,27-28,35-36H,4,9,12,15-16H2/t25?,27-,28+/m0/s1. The number of hydrogen-bond acceptors (Lipinski definition) is 5. The lowest BCUT2D eigenvalue weighted by atomic mass is 10.00. The van der Waals surface area contributed by atoms with Crippen LogP contribution in [0.3, 0.4) is 0 Å². The average molecular weight is 518 g/mol. The van der Waals surface area contributed by atoms with Crippen LogP contribution in [0.25, 0.3) is 16.6 Å². The number of Topliss-reactive ketones (excluding diaryl/α,β-unsaturated/α-hetero) is 1. The molecule has 1 unspecified atom stereocenters. The lowest BCUT2D eigenvalue weighted by Gasteiger charge is -2.28. The highest BCUT2D eigenvalue weighted by Crippen LogP contribution is 2.33. The first kappa shape index (κ1) is 25.1. The molecule has 8 heteroatoms. The summed E-state index contributed by atoms with van der Waals surface area (Å²) >= 11 is 6.11. The van der Waals surface area contributed by atoms with Gasteiger partial charge in [0.2, 0.25) is 0 Å². The maximum absolute atomic E-state index is 13.0. The summed E-state index contributed by atoms with van der Waals surface area (Å²) in [5.41, 5.74) is 3.58. The molecular weight excluding hydrogens is 490 g/mol. The van der Waals surface area contributed by atoms with Crippen LogP contribution in [0.2, 0.25) is 5.02 Å².